The molecule has 0 nitrogen and oxygen atoms in total. The van der Waals surface area contributed by atoms with Crippen molar-refractivity contribution in [2.24, 2.45) is 0 Å². The van der Waals surface area contributed by atoms with Crippen LogP contribution in [-0.2, 0) is 22.9 Å². The van der Waals surface area contributed by atoms with Crippen LogP contribution in [0.3, 0.4) is 0 Å². The normalized spacial score (nSPS) is 18.0. The van der Waals surface area contributed by atoms with Gasteiger partial charge in [-0.2, -0.15) is 0 Å². The molecule has 2 aliphatic rings. The fourth-order valence-corrected chi connectivity index (χ4v) is 8.67. The maximum atomic E-state index is 2.47. The Bertz CT molecular complexity index is 575. The van der Waals surface area contributed by atoms with Gasteiger partial charge in [0.25, 0.3) is 0 Å². The molecule has 0 aliphatic heterocycles. The van der Waals surface area contributed by atoms with Crippen molar-refractivity contribution in [3.05, 3.63) is 62.5 Å². The Morgan fingerprint density at radius 3 is 2.52 bits per heavy atom. The van der Waals surface area contributed by atoms with E-state index in [0.29, 0.717) is 0 Å². The molecule has 122 valence electrons. The molecule has 0 aromatic heterocycles. The number of benzene rings is 1. The monoisotopic (exact) mass is 474 g/mol. The van der Waals surface area contributed by atoms with Crippen molar-refractivity contribution >= 4 is 6.08 Å². The van der Waals surface area contributed by atoms with Crippen molar-refractivity contribution in [3.63, 3.8) is 0 Å². The summed E-state index contributed by atoms with van der Waals surface area (Å²) in [5.41, 5.74) is 4.75. The van der Waals surface area contributed by atoms with Gasteiger partial charge in [0, 0.05) is 0 Å². The van der Waals surface area contributed by atoms with E-state index >= 15 is 0 Å². The van der Waals surface area contributed by atoms with E-state index in [0.717, 1.165) is 3.67 Å². The molecule has 0 saturated carbocycles. The van der Waals surface area contributed by atoms with E-state index in [9.17, 15) is 0 Å². The molecule has 0 N–H and O–H groups in total. The fourth-order valence-electron chi connectivity index (χ4n) is 2.87. The molecule has 0 bridgehead atoms. The van der Waals surface area contributed by atoms with Gasteiger partial charge >= 0.3 is 128 Å². The summed E-state index contributed by atoms with van der Waals surface area (Å²) in [6, 6.07) is 8.94. The SMILES string of the molecule is CCCC.CCCCC1=[C]([Hf][CH]2C=Cc3ccccc32)CC=C1. The first-order chi connectivity index (χ1) is 11.3. The predicted molar refractivity (Wildman–Crippen MR) is 99.1 cm³/mol. The quantitative estimate of drug-likeness (QED) is 0.389. The van der Waals surface area contributed by atoms with Crippen LogP contribution in [0, 0.1) is 0 Å². The third-order valence-electron chi connectivity index (χ3n) is 4.46. The summed E-state index contributed by atoms with van der Waals surface area (Å²) in [5.74, 6) is 0. The van der Waals surface area contributed by atoms with E-state index in [-0.39, 0.29) is 0 Å². The van der Waals surface area contributed by atoms with Crippen molar-refractivity contribution in [2.75, 3.05) is 0 Å². The van der Waals surface area contributed by atoms with Crippen LogP contribution in [0.5, 0.6) is 0 Å². The van der Waals surface area contributed by atoms with Gasteiger partial charge in [-0.05, 0) is 0 Å². The van der Waals surface area contributed by atoms with Crippen LogP contribution >= 0.6 is 0 Å². The van der Waals surface area contributed by atoms with Gasteiger partial charge in [-0.15, -0.1) is 0 Å². The van der Waals surface area contributed by atoms with E-state index in [1.165, 1.54) is 44.1 Å². The summed E-state index contributed by atoms with van der Waals surface area (Å²) >= 11 is -0.749. The average Bonchev–Trinajstić information content (AvgIpc) is 3.21. The molecule has 1 atom stereocenters. The standard InChI is InChI=1S/C9H7.C9H13.C4H10.Hf/c1-2-5-9-7-3-6-8(9)4-1;1-2-3-6-9-7-4-5-8-9;1-3-4-2;/h1-7H;4,7H,2-3,5-6H2,1H3;3-4H2,1-2H3;. The first-order valence-electron chi connectivity index (χ1n) is 9.22. The molecule has 23 heavy (non-hydrogen) atoms. The van der Waals surface area contributed by atoms with Crippen molar-refractivity contribution in [2.45, 2.75) is 63.0 Å². The number of fused-ring (bicyclic) bond motifs is 1. The molecule has 0 heterocycles. The Hall–Kier alpha value is -0.690. The molecule has 1 aromatic rings. The van der Waals surface area contributed by atoms with Crippen LogP contribution in [0.25, 0.3) is 6.08 Å². The Morgan fingerprint density at radius 1 is 1.00 bits per heavy atom. The molecule has 0 amide bonds. The summed E-state index contributed by atoms with van der Waals surface area (Å²) in [7, 11) is 0. The van der Waals surface area contributed by atoms with E-state index in [2.05, 4.69) is 69.3 Å². The Kier molecular flexibility index (Phi) is 8.30. The van der Waals surface area contributed by atoms with Gasteiger partial charge in [0.05, 0.1) is 0 Å². The zero-order valence-corrected chi connectivity index (χ0v) is 18.5. The zero-order chi connectivity index (χ0) is 16.5. The molecule has 0 saturated heterocycles. The summed E-state index contributed by atoms with van der Waals surface area (Å²) in [4.78, 5) is 0. The van der Waals surface area contributed by atoms with Crippen molar-refractivity contribution in [3.8, 4) is 0 Å². The molecule has 3 rings (SSSR count). The third kappa shape index (κ3) is 5.41. The van der Waals surface area contributed by atoms with Crippen molar-refractivity contribution in [1.82, 2.24) is 0 Å². The van der Waals surface area contributed by atoms with Gasteiger partial charge < -0.3 is 0 Å². The van der Waals surface area contributed by atoms with Gasteiger partial charge in [0.15, 0.2) is 0 Å². The zero-order valence-electron chi connectivity index (χ0n) is 14.9. The molecule has 0 radical (unpaired) electrons. The van der Waals surface area contributed by atoms with E-state index in [1.807, 2.05) is 3.33 Å². The second-order valence-corrected chi connectivity index (χ2v) is 11.8. The summed E-state index contributed by atoms with van der Waals surface area (Å²) in [6.07, 6.45) is 17.5. The van der Waals surface area contributed by atoms with E-state index in [1.54, 1.807) is 11.1 Å². The predicted octanol–water partition coefficient (Wildman–Crippen LogP) is 7.05. The van der Waals surface area contributed by atoms with Gasteiger partial charge in [-0.25, -0.2) is 0 Å². The van der Waals surface area contributed by atoms with Crippen LogP contribution in [0.2, 0.25) is 0 Å². The molecule has 1 aromatic carbocycles. The second kappa shape index (κ2) is 10.2. The number of hydrogen-bond donors (Lipinski definition) is 0. The topological polar surface area (TPSA) is 0 Å². The van der Waals surface area contributed by atoms with Crippen LogP contribution < -0.4 is 0 Å². The van der Waals surface area contributed by atoms with Crippen LogP contribution in [0.4, 0.5) is 0 Å². The second-order valence-electron chi connectivity index (χ2n) is 6.32. The Labute approximate surface area is 154 Å². The molecule has 1 unspecified atom stereocenters. The van der Waals surface area contributed by atoms with Crippen molar-refractivity contribution < 1.29 is 22.9 Å². The molecule has 1 heteroatoms. The molecular formula is C22H30Hf. The van der Waals surface area contributed by atoms with Crippen LogP contribution in [0.15, 0.2) is 51.4 Å². The Balaban J connectivity index is 0.000000433. The third-order valence-corrected chi connectivity index (χ3v) is 10.5. The fraction of sp³-hybridized carbons (Fsp3) is 0.455. The summed E-state index contributed by atoms with van der Waals surface area (Å²) in [5, 5.41) is 0. The molecule has 2 aliphatic carbocycles. The van der Waals surface area contributed by atoms with Gasteiger partial charge in [-0.3, -0.25) is 0 Å². The Morgan fingerprint density at radius 2 is 1.78 bits per heavy atom. The molecule has 0 fully saturated rings. The van der Waals surface area contributed by atoms with Gasteiger partial charge in [-0.1, -0.05) is 26.7 Å². The number of rotatable bonds is 6. The van der Waals surface area contributed by atoms with Crippen molar-refractivity contribution in [1.29, 1.82) is 0 Å². The summed E-state index contributed by atoms with van der Waals surface area (Å²) < 4.78 is 2.66. The van der Waals surface area contributed by atoms with Gasteiger partial charge in [0.1, 0.15) is 0 Å². The number of unbranched alkanes of at least 4 members (excludes halogenated alkanes) is 2. The minimum atomic E-state index is -0.749. The minimum absolute atomic E-state index is 0.749. The maximum absolute atomic E-state index is 2.47. The van der Waals surface area contributed by atoms with Gasteiger partial charge in [0.2, 0.25) is 0 Å². The first-order valence-corrected chi connectivity index (χ1v) is 13.1. The number of allylic oxidation sites excluding steroid dienone is 5. The van der Waals surface area contributed by atoms with Crippen LogP contribution in [-0.4, -0.2) is 0 Å². The molecule has 0 spiro atoms. The molecular weight excluding hydrogens is 443 g/mol. The van der Waals surface area contributed by atoms with Crippen LogP contribution in [0.1, 0.15) is 74.1 Å². The van der Waals surface area contributed by atoms with E-state index in [4.69, 9.17) is 0 Å². The first kappa shape index (κ1) is 18.6. The van der Waals surface area contributed by atoms with E-state index < -0.39 is 22.9 Å². The number of hydrogen-bond acceptors (Lipinski definition) is 0. The summed E-state index contributed by atoms with van der Waals surface area (Å²) in [6.45, 7) is 6.65. The average molecular weight is 473 g/mol.